The summed E-state index contributed by atoms with van der Waals surface area (Å²) in [5, 5.41) is 12.1. The first-order valence-corrected chi connectivity index (χ1v) is 10.1. The number of nitrogens with zero attached hydrogens (tertiary/aromatic N) is 2. The van der Waals surface area contributed by atoms with Crippen LogP contribution in [-0.4, -0.2) is 37.8 Å². The van der Waals surface area contributed by atoms with Crippen molar-refractivity contribution in [1.29, 1.82) is 5.26 Å². The molecule has 1 aliphatic rings. The third-order valence-electron chi connectivity index (χ3n) is 4.62. The summed E-state index contributed by atoms with van der Waals surface area (Å²) in [7, 11) is -3.81. The number of rotatable bonds is 6. The summed E-state index contributed by atoms with van der Waals surface area (Å²) in [4.78, 5) is 12.3. The molecule has 1 heterocycles. The molecule has 7 heteroatoms. The zero-order valence-corrected chi connectivity index (χ0v) is 15.6. The van der Waals surface area contributed by atoms with Crippen molar-refractivity contribution in [2.45, 2.75) is 50.5 Å². The van der Waals surface area contributed by atoms with Gasteiger partial charge in [0.25, 0.3) is 0 Å². The van der Waals surface area contributed by atoms with Crippen molar-refractivity contribution < 1.29 is 13.2 Å². The number of carbonyl (C=O) groups is 1. The van der Waals surface area contributed by atoms with Gasteiger partial charge in [0, 0.05) is 19.1 Å². The maximum atomic E-state index is 13.0. The Labute approximate surface area is 149 Å². The molecule has 0 unspecified atom stereocenters. The Kier molecular flexibility index (Phi) is 6.57. The monoisotopic (exact) mass is 363 g/mol. The fraction of sp³-hybridized carbons (Fsp3) is 0.556. The molecule has 1 N–H and O–H groups in total. The molecule has 0 aromatic heterocycles. The topological polar surface area (TPSA) is 90.3 Å². The minimum absolute atomic E-state index is 0.0105. The van der Waals surface area contributed by atoms with E-state index in [1.807, 2.05) is 13.0 Å². The fourth-order valence-corrected chi connectivity index (χ4v) is 4.92. The number of nitrogens with one attached hydrogen (secondary N) is 1. The number of benzene rings is 1. The smallest absolute Gasteiger partial charge is 0.244 e. The highest BCUT2D eigenvalue weighted by Gasteiger charge is 2.38. The van der Waals surface area contributed by atoms with Gasteiger partial charge in [-0.25, -0.2) is 8.42 Å². The number of piperidine rings is 1. The minimum atomic E-state index is -3.81. The zero-order chi connectivity index (χ0) is 18.4. The number of sulfonamides is 1. The predicted octanol–water partition coefficient (Wildman–Crippen LogP) is 2.26. The molecule has 1 aromatic carbocycles. The number of nitriles is 1. The summed E-state index contributed by atoms with van der Waals surface area (Å²) in [5.41, 5.74) is 0.129. The molecule has 0 saturated carbocycles. The Bertz CT molecular complexity index is 755. The fourth-order valence-electron chi connectivity index (χ4n) is 3.07. The highest BCUT2D eigenvalue weighted by Crippen LogP contribution is 2.29. The van der Waals surface area contributed by atoms with Crippen molar-refractivity contribution in [2.24, 2.45) is 5.92 Å². The Morgan fingerprint density at radius 2 is 2.08 bits per heavy atom. The second-order valence-electron chi connectivity index (χ2n) is 6.45. The standard InChI is InChI=1S/C18H25N3O3S/c1-3-4-11-20-18(22)16-10-9-14(2)21(13-16)25(23,24)17-8-6-5-7-15(17)12-19/h5-8,14,16H,3-4,9-11,13H2,1-2H3,(H,20,22)/t14-,16+/m0/s1. The van der Waals surface area contributed by atoms with Crippen LogP contribution in [0.4, 0.5) is 0 Å². The van der Waals surface area contributed by atoms with Crippen LogP contribution in [-0.2, 0) is 14.8 Å². The average molecular weight is 363 g/mol. The van der Waals surface area contributed by atoms with Gasteiger partial charge in [-0.05, 0) is 38.3 Å². The van der Waals surface area contributed by atoms with Crippen LogP contribution in [0.25, 0.3) is 0 Å². The van der Waals surface area contributed by atoms with Gasteiger partial charge in [-0.15, -0.1) is 0 Å². The van der Waals surface area contributed by atoms with Gasteiger partial charge in [-0.1, -0.05) is 25.5 Å². The number of unbranched alkanes of at least 4 members (excludes halogenated alkanes) is 1. The first-order chi connectivity index (χ1) is 11.9. The van der Waals surface area contributed by atoms with E-state index in [9.17, 15) is 18.5 Å². The maximum absolute atomic E-state index is 13.0. The summed E-state index contributed by atoms with van der Waals surface area (Å²) in [5.74, 6) is -0.439. The number of hydrogen-bond acceptors (Lipinski definition) is 4. The van der Waals surface area contributed by atoms with Crippen molar-refractivity contribution in [3.8, 4) is 6.07 Å². The molecule has 136 valence electrons. The van der Waals surface area contributed by atoms with Gasteiger partial charge in [0.2, 0.25) is 15.9 Å². The van der Waals surface area contributed by atoms with Crippen LogP contribution in [0.5, 0.6) is 0 Å². The number of carbonyl (C=O) groups excluding carboxylic acids is 1. The van der Waals surface area contributed by atoms with Crippen molar-refractivity contribution in [3.05, 3.63) is 29.8 Å². The highest BCUT2D eigenvalue weighted by molar-refractivity contribution is 7.89. The van der Waals surface area contributed by atoms with Crippen LogP contribution in [0.15, 0.2) is 29.2 Å². The lowest BCUT2D eigenvalue weighted by Crippen LogP contribution is -2.49. The largest absolute Gasteiger partial charge is 0.356 e. The molecule has 1 amide bonds. The quantitative estimate of drug-likeness (QED) is 0.785. The van der Waals surface area contributed by atoms with Crippen molar-refractivity contribution in [3.63, 3.8) is 0 Å². The lowest BCUT2D eigenvalue weighted by molar-refractivity contribution is -0.126. The second-order valence-corrected chi connectivity index (χ2v) is 8.31. The molecule has 1 aliphatic heterocycles. The highest BCUT2D eigenvalue weighted by atomic mass is 32.2. The molecular weight excluding hydrogens is 338 g/mol. The molecular formula is C18H25N3O3S. The van der Waals surface area contributed by atoms with Crippen LogP contribution in [0.2, 0.25) is 0 Å². The number of amides is 1. The molecule has 1 aromatic rings. The van der Waals surface area contributed by atoms with Crippen LogP contribution in [0.1, 0.15) is 45.1 Å². The van der Waals surface area contributed by atoms with E-state index in [0.717, 1.165) is 12.8 Å². The maximum Gasteiger partial charge on any atom is 0.244 e. The van der Waals surface area contributed by atoms with Gasteiger partial charge in [0.15, 0.2) is 0 Å². The molecule has 6 nitrogen and oxygen atoms in total. The molecule has 0 spiro atoms. The summed E-state index contributed by atoms with van der Waals surface area (Å²) in [6, 6.07) is 7.94. The number of hydrogen-bond donors (Lipinski definition) is 1. The second kappa shape index (κ2) is 8.45. The first-order valence-electron chi connectivity index (χ1n) is 8.70. The third-order valence-corrected chi connectivity index (χ3v) is 6.66. The molecule has 0 bridgehead atoms. The minimum Gasteiger partial charge on any atom is -0.356 e. The molecule has 2 atom stereocenters. The van der Waals surface area contributed by atoms with Crippen LogP contribution in [0.3, 0.4) is 0 Å². The van der Waals surface area contributed by atoms with Crippen molar-refractivity contribution in [2.75, 3.05) is 13.1 Å². The summed E-state index contributed by atoms with van der Waals surface area (Å²) in [6.07, 6.45) is 3.20. The Hall–Kier alpha value is -1.91. The van der Waals surface area contributed by atoms with Gasteiger partial charge >= 0.3 is 0 Å². The van der Waals surface area contributed by atoms with Crippen LogP contribution >= 0.6 is 0 Å². The first kappa shape index (κ1) is 19.4. The Morgan fingerprint density at radius 1 is 1.36 bits per heavy atom. The molecule has 1 saturated heterocycles. The van der Waals surface area contributed by atoms with Crippen LogP contribution in [0, 0.1) is 17.2 Å². The normalized spacial score (nSPS) is 21.5. The van der Waals surface area contributed by atoms with E-state index < -0.39 is 10.0 Å². The lowest BCUT2D eigenvalue weighted by atomic mass is 9.94. The lowest BCUT2D eigenvalue weighted by Gasteiger charge is -2.36. The van der Waals surface area contributed by atoms with E-state index in [0.29, 0.717) is 19.4 Å². The Balaban J connectivity index is 2.21. The third kappa shape index (κ3) is 4.39. The molecule has 1 fully saturated rings. The van der Waals surface area contributed by atoms with Crippen molar-refractivity contribution >= 4 is 15.9 Å². The average Bonchev–Trinajstić information content (AvgIpc) is 2.62. The van der Waals surface area contributed by atoms with E-state index in [4.69, 9.17) is 0 Å². The SMILES string of the molecule is CCCCNC(=O)[C@@H]1CC[C@H](C)N(S(=O)(=O)c2ccccc2C#N)C1. The summed E-state index contributed by atoms with van der Waals surface area (Å²) in [6.45, 7) is 4.67. The Morgan fingerprint density at radius 3 is 2.76 bits per heavy atom. The van der Waals surface area contributed by atoms with E-state index >= 15 is 0 Å². The molecule has 0 aliphatic carbocycles. The van der Waals surface area contributed by atoms with E-state index in [1.54, 1.807) is 12.1 Å². The van der Waals surface area contributed by atoms with E-state index in [1.165, 1.54) is 16.4 Å². The van der Waals surface area contributed by atoms with Gasteiger partial charge in [-0.2, -0.15) is 9.57 Å². The van der Waals surface area contributed by atoms with Crippen molar-refractivity contribution in [1.82, 2.24) is 9.62 Å². The zero-order valence-electron chi connectivity index (χ0n) is 14.7. The van der Waals surface area contributed by atoms with Gasteiger partial charge in [0.05, 0.1) is 16.4 Å². The van der Waals surface area contributed by atoms with Gasteiger partial charge in [-0.3, -0.25) is 4.79 Å². The molecule has 2 rings (SSSR count). The van der Waals surface area contributed by atoms with E-state index in [-0.39, 0.29) is 34.9 Å². The van der Waals surface area contributed by atoms with Crippen LogP contribution < -0.4 is 5.32 Å². The van der Waals surface area contributed by atoms with Gasteiger partial charge in [0.1, 0.15) is 6.07 Å². The summed E-state index contributed by atoms with van der Waals surface area (Å²) < 4.78 is 27.5. The molecule has 25 heavy (non-hydrogen) atoms. The van der Waals surface area contributed by atoms with E-state index in [2.05, 4.69) is 12.2 Å². The van der Waals surface area contributed by atoms with Gasteiger partial charge < -0.3 is 5.32 Å². The summed E-state index contributed by atoms with van der Waals surface area (Å²) >= 11 is 0. The molecule has 0 radical (unpaired) electrons. The predicted molar refractivity (Wildman–Crippen MR) is 95.2 cm³/mol.